The maximum atomic E-state index is 13.4. The van der Waals surface area contributed by atoms with Gasteiger partial charge in [-0.1, -0.05) is 43.9 Å². The fourth-order valence-electron chi connectivity index (χ4n) is 3.80. The van der Waals surface area contributed by atoms with E-state index >= 15 is 0 Å². The third-order valence-electron chi connectivity index (χ3n) is 6.02. The highest BCUT2D eigenvalue weighted by molar-refractivity contribution is 7.89. The number of fused-ring (bicyclic) bond motifs is 1. The minimum absolute atomic E-state index is 0.0626. The standard InChI is InChI=1S/C26H33N3O5S/c1-5-6-8-11-21-14-23-25(27-15-21)34-24(19(2)16-29(26(23)31)20(3)18-30)17-28(4)35(32,33)22-12-9-7-10-13-22/h7,9-10,12-15,19-20,24,30H,5-6,16-18H2,1-4H3/t19-,20-,24-/m0/s1. The van der Waals surface area contributed by atoms with Crippen LogP contribution >= 0.6 is 0 Å². The Morgan fingerprint density at radius 3 is 2.69 bits per heavy atom. The molecule has 9 heteroatoms. The maximum absolute atomic E-state index is 13.4. The highest BCUT2D eigenvalue weighted by atomic mass is 32.2. The van der Waals surface area contributed by atoms with E-state index in [1.54, 1.807) is 54.4 Å². The van der Waals surface area contributed by atoms with Crippen LogP contribution in [0, 0.1) is 17.8 Å². The van der Waals surface area contributed by atoms with Gasteiger partial charge in [-0.2, -0.15) is 4.31 Å². The van der Waals surface area contributed by atoms with E-state index in [0.717, 1.165) is 12.8 Å². The smallest absolute Gasteiger partial charge is 0.259 e. The molecule has 0 spiro atoms. The SMILES string of the molecule is CCCC#Cc1cnc2c(c1)C(=O)N([C@@H](C)CO)C[C@H](C)[C@H](CN(C)S(=O)(=O)c1ccccc1)O2. The summed E-state index contributed by atoms with van der Waals surface area (Å²) in [6.07, 6.45) is 2.64. The number of carbonyl (C=O) groups excluding carboxylic acids is 1. The largest absolute Gasteiger partial charge is 0.472 e. The average molecular weight is 500 g/mol. The van der Waals surface area contributed by atoms with Crippen molar-refractivity contribution in [1.29, 1.82) is 0 Å². The van der Waals surface area contributed by atoms with E-state index in [4.69, 9.17) is 4.74 Å². The number of carbonyl (C=O) groups is 1. The number of rotatable bonds is 7. The number of aliphatic hydroxyl groups is 1. The van der Waals surface area contributed by atoms with Crippen molar-refractivity contribution in [1.82, 2.24) is 14.2 Å². The predicted molar refractivity (Wildman–Crippen MR) is 133 cm³/mol. The molecule has 1 amide bonds. The van der Waals surface area contributed by atoms with Gasteiger partial charge in [0.1, 0.15) is 11.7 Å². The number of likely N-dealkylation sites (N-methyl/N-ethyl adjacent to an activating group) is 1. The minimum Gasteiger partial charge on any atom is -0.472 e. The first-order chi connectivity index (χ1) is 16.7. The highest BCUT2D eigenvalue weighted by Crippen LogP contribution is 2.28. The van der Waals surface area contributed by atoms with Crippen LogP contribution in [0.2, 0.25) is 0 Å². The Kier molecular flexibility index (Phi) is 8.89. The molecule has 3 rings (SSSR count). The van der Waals surface area contributed by atoms with Crippen molar-refractivity contribution in [2.75, 3.05) is 26.7 Å². The lowest BCUT2D eigenvalue weighted by Gasteiger charge is -2.37. The quantitative estimate of drug-likeness (QED) is 0.588. The van der Waals surface area contributed by atoms with Crippen LogP contribution in [0.1, 0.15) is 49.5 Å². The van der Waals surface area contributed by atoms with Crippen LogP contribution in [0.5, 0.6) is 5.88 Å². The van der Waals surface area contributed by atoms with E-state index in [2.05, 4.69) is 16.8 Å². The van der Waals surface area contributed by atoms with Crippen LogP contribution in [-0.4, -0.2) is 72.5 Å². The van der Waals surface area contributed by atoms with Gasteiger partial charge in [-0.3, -0.25) is 4.79 Å². The van der Waals surface area contributed by atoms with E-state index in [9.17, 15) is 18.3 Å². The summed E-state index contributed by atoms with van der Waals surface area (Å²) in [4.78, 5) is 19.6. The van der Waals surface area contributed by atoms with Crippen molar-refractivity contribution in [3.63, 3.8) is 0 Å². The van der Waals surface area contributed by atoms with Crippen LogP contribution in [0.4, 0.5) is 0 Å². The molecule has 0 aliphatic carbocycles. The van der Waals surface area contributed by atoms with E-state index in [0.29, 0.717) is 5.56 Å². The molecule has 8 nitrogen and oxygen atoms in total. The summed E-state index contributed by atoms with van der Waals surface area (Å²) < 4.78 is 33.6. The number of ether oxygens (including phenoxy) is 1. The zero-order valence-corrected chi connectivity index (χ0v) is 21.5. The summed E-state index contributed by atoms with van der Waals surface area (Å²) in [7, 11) is -2.22. The molecule has 1 aliphatic rings. The second-order valence-corrected chi connectivity index (χ2v) is 10.9. The minimum atomic E-state index is -3.73. The van der Waals surface area contributed by atoms with Crippen molar-refractivity contribution in [2.45, 2.75) is 50.7 Å². The third-order valence-corrected chi connectivity index (χ3v) is 7.85. The summed E-state index contributed by atoms with van der Waals surface area (Å²) in [5, 5.41) is 9.79. The van der Waals surface area contributed by atoms with Gasteiger partial charge in [0.05, 0.1) is 24.1 Å². The number of pyridine rings is 1. The van der Waals surface area contributed by atoms with Crippen LogP contribution in [0.15, 0.2) is 47.5 Å². The normalized spacial score (nSPS) is 19.1. The summed E-state index contributed by atoms with van der Waals surface area (Å²) in [5.74, 6) is 5.67. The molecule has 0 saturated carbocycles. The monoisotopic (exact) mass is 499 g/mol. The van der Waals surface area contributed by atoms with Crippen molar-refractivity contribution in [3.8, 4) is 17.7 Å². The molecule has 0 bridgehead atoms. The number of hydrogen-bond acceptors (Lipinski definition) is 6. The molecule has 3 atom stereocenters. The molecule has 0 fully saturated rings. The molecule has 0 saturated heterocycles. The van der Waals surface area contributed by atoms with Crippen molar-refractivity contribution in [2.24, 2.45) is 5.92 Å². The van der Waals surface area contributed by atoms with Crippen LogP contribution < -0.4 is 4.74 Å². The molecule has 1 N–H and O–H groups in total. The zero-order chi connectivity index (χ0) is 25.6. The Morgan fingerprint density at radius 2 is 2.03 bits per heavy atom. The predicted octanol–water partition coefficient (Wildman–Crippen LogP) is 2.77. The molecule has 0 unspecified atom stereocenters. The second-order valence-electron chi connectivity index (χ2n) is 8.85. The Bertz CT molecular complexity index is 1190. The first-order valence-corrected chi connectivity index (χ1v) is 13.2. The number of nitrogens with zero attached hydrogens (tertiary/aromatic N) is 3. The number of aliphatic hydroxyl groups excluding tert-OH is 1. The zero-order valence-electron chi connectivity index (χ0n) is 20.6. The molecular weight excluding hydrogens is 466 g/mol. The van der Waals surface area contributed by atoms with Crippen LogP contribution in [-0.2, 0) is 10.0 Å². The van der Waals surface area contributed by atoms with E-state index < -0.39 is 22.2 Å². The number of unbranched alkanes of at least 4 members (excludes halogenated alkanes) is 1. The fourth-order valence-corrected chi connectivity index (χ4v) is 5.01. The Balaban J connectivity index is 1.97. The average Bonchev–Trinajstić information content (AvgIpc) is 2.86. The molecule has 1 aliphatic heterocycles. The van der Waals surface area contributed by atoms with Gasteiger partial charge in [-0.25, -0.2) is 13.4 Å². The topological polar surface area (TPSA) is 100 Å². The molecule has 1 aromatic heterocycles. The van der Waals surface area contributed by atoms with Gasteiger partial charge in [-0.15, -0.1) is 0 Å². The third kappa shape index (κ3) is 6.20. The summed E-state index contributed by atoms with van der Waals surface area (Å²) >= 11 is 0. The lowest BCUT2D eigenvalue weighted by atomic mass is 10.0. The molecule has 1 aromatic carbocycles. The molecular formula is C26H33N3O5S. The first kappa shape index (κ1) is 26.7. The maximum Gasteiger partial charge on any atom is 0.259 e. The van der Waals surface area contributed by atoms with E-state index in [1.165, 1.54) is 11.4 Å². The number of aromatic nitrogens is 1. The number of sulfonamides is 1. The van der Waals surface area contributed by atoms with Gasteiger partial charge >= 0.3 is 0 Å². The van der Waals surface area contributed by atoms with Gasteiger partial charge in [-0.05, 0) is 31.5 Å². The first-order valence-electron chi connectivity index (χ1n) is 11.8. The molecule has 0 radical (unpaired) electrons. The lowest BCUT2D eigenvalue weighted by molar-refractivity contribution is 0.0373. The highest BCUT2D eigenvalue weighted by Gasteiger charge is 2.35. The van der Waals surface area contributed by atoms with Gasteiger partial charge in [0, 0.05) is 37.7 Å². The molecule has 2 aromatic rings. The molecule has 188 valence electrons. The lowest BCUT2D eigenvalue weighted by Crippen LogP contribution is -2.50. The van der Waals surface area contributed by atoms with Gasteiger partial charge in [0.25, 0.3) is 5.91 Å². The Hall–Kier alpha value is -2.93. The Labute approximate surface area is 208 Å². The number of amides is 1. The molecule has 35 heavy (non-hydrogen) atoms. The number of hydrogen-bond donors (Lipinski definition) is 1. The van der Waals surface area contributed by atoms with Crippen LogP contribution in [0.25, 0.3) is 0 Å². The van der Waals surface area contributed by atoms with Crippen molar-refractivity contribution in [3.05, 3.63) is 53.7 Å². The second kappa shape index (κ2) is 11.7. The van der Waals surface area contributed by atoms with Crippen molar-refractivity contribution < 1.29 is 23.1 Å². The fraction of sp³-hybridized carbons (Fsp3) is 0.462. The summed E-state index contributed by atoms with van der Waals surface area (Å²) in [6, 6.07) is 9.44. The molecule has 2 heterocycles. The van der Waals surface area contributed by atoms with Gasteiger partial charge < -0.3 is 14.7 Å². The van der Waals surface area contributed by atoms with Crippen LogP contribution in [0.3, 0.4) is 0 Å². The van der Waals surface area contributed by atoms with Gasteiger partial charge in [0.2, 0.25) is 15.9 Å². The Morgan fingerprint density at radius 1 is 1.31 bits per heavy atom. The van der Waals surface area contributed by atoms with E-state index in [1.807, 2.05) is 13.8 Å². The summed E-state index contributed by atoms with van der Waals surface area (Å²) in [5.41, 5.74) is 0.846. The van der Waals surface area contributed by atoms with E-state index in [-0.39, 0.29) is 47.9 Å². The summed E-state index contributed by atoms with van der Waals surface area (Å²) in [6.45, 7) is 5.85. The van der Waals surface area contributed by atoms with Gasteiger partial charge in [0.15, 0.2) is 0 Å². The number of benzene rings is 1. The van der Waals surface area contributed by atoms with Crippen molar-refractivity contribution >= 4 is 15.9 Å².